The molecule has 2 heterocycles. The van der Waals surface area contributed by atoms with E-state index in [-0.39, 0.29) is 18.0 Å². The van der Waals surface area contributed by atoms with Gasteiger partial charge < -0.3 is 19.4 Å². The predicted molar refractivity (Wildman–Crippen MR) is 58.8 cm³/mol. The summed E-state index contributed by atoms with van der Waals surface area (Å²) < 4.78 is 9.89. The van der Waals surface area contributed by atoms with Gasteiger partial charge in [0.05, 0.1) is 20.3 Å². The number of esters is 1. The molecule has 0 amide bonds. The second-order valence-corrected chi connectivity index (χ2v) is 3.55. The summed E-state index contributed by atoms with van der Waals surface area (Å²) in [5.74, 6) is -0.221. The third kappa shape index (κ3) is 2.28. The minimum absolute atomic E-state index is 0.197. The fraction of sp³-hybridized carbons (Fsp3) is 0.500. The molecule has 1 aliphatic rings. The van der Waals surface area contributed by atoms with E-state index in [9.17, 15) is 9.59 Å². The van der Waals surface area contributed by atoms with Crippen LogP contribution in [-0.2, 0) is 14.3 Å². The van der Waals surface area contributed by atoms with Gasteiger partial charge in [0, 0.05) is 18.9 Å². The molecule has 0 aromatic carbocycles. The molecule has 1 unspecified atom stereocenters. The van der Waals surface area contributed by atoms with Crippen LogP contribution in [0.25, 0.3) is 0 Å². The maximum Gasteiger partial charge on any atom is 0.330 e. The number of methoxy groups -OCH3 is 1. The standard InChI is InChI=1S/C10H13N3O4/c1-16-10(15)7-6-17-5-4-13(7)8-9(14)12-3-2-11-8/h2-3,7H,4-6H2,1H3,(H,12,14). The monoisotopic (exact) mass is 239 g/mol. The number of aromatic nitrogens is 2. The molecule has 1 aromatic rings. The van der Waals surface area contributed by atoms with Gasteiger partial charge in [-0.15, -0.1) is 0 Å². The highest BCUT2D eigenvalue weighted by atomic mass is 16.5. The van der Waals surface area contributed by atoms with Gasteiger partial charge in [0.15, 0.2) is 11.9 Å². The summed E-state index contributed by atoms with van der Waals surface area (Å²) >= 11 is 0. The fourth-order valence-electron chi connectivity index (χ4n) is 1.74. The van der Waals surface area contributed by atoms with Gasteiger partial charge in [0.2, 0.25) is 0 Å². The van der Waals surface area contributed by atoms with Crippen molar-refractivity contribution in [2.75, 3.05) is 31.8 Å². The van der Waals surface area contributed by atoms with Gasteiger partial charge in [0.25, 0.3) is 5.56 Å². The molecule has 1 N–H and O–H groups in total. The van der Waals surface area contributed by atoms with E-state index in [1.807, 2.05) is 0 Å². The van der Waals surface area contributed by atoms with Gasteiger partial charge in [-0.1, -0.05) is 0 Å². The fourth-order valence-corrected chi connectivity index (χ4v) is 1.74. The Morgan fingerprint density at radius 1 is 1.71 bits per heavy atom. The molecule has 1 aliphatic heterocycles. The topological polar surface area (TPSA) is 84.5 Å². The first kappa shape index (κ1) is 11.6. The van der Waals surface area contributed by atoms with Crippen molar-refractivity contribution in [3.8, 4) is 0 Å². The summed E-state index contributed by atoms with van der Waals surface area (Å²) in [4.78, 5) is 31.3. The van der Waals surface area contributed by atoms with Crippen LogP contribution in [0.2, 0.25) is 0 Å². The zero-order valence-electron chi connectivity index (χ0n) is 9.38. The molecule has 0 radical (unpaired) electrons. The lowest BCUT2D eigenvalue weighted by Crippen LogP contribution is -2.52. The van der Waals surface area contributed by atoms with E-state index in [2.05, 4.69) is 14.7 Å². The Labute approximate surface area is 97.4 Å². The quantitative estimate of drug-likeness (QED) is 0.676. The van der Waals surface area contributed by atoms with E-state index in [4.69, 9.17) is 4.74 Å². The highest BCUT2D eigenvalue weighted by Gasteiger charge is 2.32. The summed E-state index contributed by atoms with van der Waals surface area (Å²) in [7, 11) is 1.30. The Balaban J connectivity index is 2.31. The second kappa shape index (κ2) is 4.96. The lowest BCUT2D eigenvalue weighted by molar-refractivity contribution is -0.144. The first-order valence-electron chi connectivity index (χ1n) is 5.20. The normalized spacial score (nSPS) is 20.1. The van der Waals surface area contributed by atoms with Crippen molar-refractivity contribution in [2.24, 2.45) is 0 Å². The molecule has 0 spiro atoms. The van der Waals surface area contributed by atoms with E-state index in [0.29, 0.717) is 13.2 Å². The van der Waals surface area contributed by atoms with Crippen LogP contribution >= 0.6 is 0 Å². The van der Waals surface area contributed by atoms with Gasteiger partial charge in [0.1, 0.15) is 0 Å². The summed E-state index contributed by atoms with van der Waals surface area (Å²) in [6.45, 7) is 1.08. The third-order valence-corrected chi connectivity index (χ3v) is 2.56. The van der Waals surface area contributed by atoms with Crippen molar-refractivity contribution in [1.82, 2.24) is 9.97 Å². The second-order valence-electron chi connectivity index (χ2n) is 3.55. The van der Waals surface area contributed by atoms with E-state index in [1.165, 1.54) is 19.5 Å². The number of anilines is 1. The molecule has 7 heteroatoms. The molecule has 92 valence electrons. The van der Waals surface area contributed by atoms with E-state index >= 15 is 0 Å². The van der Waals surface area contributed by atoms with Crippen LogP contribution < -0.4 is 10.5 Å². The number of nitrogens with zero attached hydrogens (tertiary/aromatic N) is 2. The first-order chi connectivity index (χ1) is 8.24. The highest BCUT2D eigenvalue weighted by Crippen LogP contribution is 2.13. The number of hydrogen-bond acceptors (Lipinski definition) is 6. The first-order valence-corrected chi connectivity index (χ1v) is 5.20. The van der Waals surface area contributed by atoms with Crippen LogP contribution in [0, 0.1) is 0 Å². The van der Waals surface area contributed by atoms with E-state index in [1.54, 1.807) is 4.90 Å². The Morgan fingerprint density at radius 3 is 3.24 bits per heavy atom. The number of ether oxygens (including phenoxy) is 2. The zero-order chi connectivity index (χ0) is 12.3. The highest BCUT2D eigenvalue weighted by molar-refractivity contribution is 5.79. The molecule has 17 heavy (non-hydrogen) atoms. The molecule has 1 saturated heterocycles. The van der Waals surface area contributed by atoms with Gasteiger partial charge in [-0.2, -0.15) is 0 Å². The van der Waals surface area contributed by atoms with Gasteiger partial charge >= 0.3 is 5.97 Å². The maximum absolute atomic E-state index is 11.6. The van der Waals surface area contributed by atoms with Crippen LogP contribution in [0.1, 0.15) is 0 Å². The number of carbonyl (C=O) groups is 1. The van der Waals surface area contributed by atoms with Crippen molar-refractivity contribution in [1.29, 1.82) is 0 Å². The Hall–Kier alpha value is -1.89. The Kier molecular flexibility index (Phi) is 3.38. The number of rotatable bonds is 2. The molecule has 1 atom stereocenters. The minimum atomic E-state index is -0.621. The average molecular weight is 239 g/mol. The zero-order valence-corrected chi connectivity index (χ0v) is 9.38. The number of hydrogen-bond donors (Lipinski definition) is 1. The molecule has 0 bridgehead atoms. The number of nitrogens with one attached hydrogen (secondary N) is 1. The molecule has 0 saturated carbocycles. The van der Waals surface area contributed by atoms with Crippen LogP contribution in [0.3, 0.4) is 0 Å². The molecule has 1 fully saturated rings. The van der Waals surface area contributed by atoms with Crippen molar-refractivity contribution >= 4 is 11.8 Å². The molecule has 1 aromatic heterocycles. The summed E-state index contributed by atoms with van der Waals surface area (Å²) in [5.41, 5.74) is -0.330. The summed E-state index contributed by atoms with van der Waals surface area (Å²) in [6, 6.07) is -0.621. The van der Waals surface area contributed by atoms with Gasteiger partial charge in [-0.3, -0.25) is 4.79 Å². The largest absolute Gasteiger partial charge is 0.467 e. The van der Waals surface area contributed by atoms with Crippen molar-refractivity contribution < 1.29 is 14.3 Å². The van der Waals surface area contributed by atoms with Crippen molar-refractivity contribution in [3.63, 3.8) is 0 Å². The average Bonchev–Trinajstić information content (AvgIpc) is 2.38. The van der Waals surface area contributed by atoms with E-state index < -0.39 is 12.0 Å². The number of aromatic amines is 1. The Bertz CT molecular complexity index is 459. The molecular formula is C10H13N3O4. The van der Waals surface area contributed by atoms with Crippen LogP contribution in [-0.4, -0.2) is 48.8 Å². The number of H-pyrrole nitrogens is 1. The third-order valence-electron chi connectivity index (χ3n) is 2.56. The minimum Gasteiger partial charge on any atom is -0.467 e. The smallest absolute Gasteiger partial charge is 0.330 e. The van der Waals surface area contributed by atoms with E-state index in [0.717, 1.165) is 0 Å². The summed E-state index contributed by atoms with van der Waals surface area (Å²) in [6.07, 6.45) is 2.92. The maximum atomic E-state index is 11.6. The summed E-state index contributed by atoms with van der Waals surface area (Å²) in [5, 5.41) is 0. The lowest BCUT2D eigenvalue weighted by Gasteiger charge is -2.33. The molecular weight excluding hydrogens is 226 g/mol. The lowest BCUT2D eigenvalue weighted by atomic mass is 10.2. The number of carbonyl (C=O) groups excluding carboxylic acids is 1. The van der Waals surface area contributed by atoms with Crippen molar-refractivity contribution in [3.05, 3.63) is 22.7 Å². The number of morpholine rings is 1. The van der Waals surface area contributed by atoms with Gasteiger partial charge in [-0.05, 0) is 0 Å². The molecule has 7 nitrogen and oxygen atoms in total. The van der Waals surface area contributed by atoms with Crippen LogP contribution in [0.4, 0.5) is 5.82 Å². The molecule has 2 rings (SSSR count). The van der Waals surface area contributed by atoms with Crippen molar-refractivity contribution in [2.45, 2.75) is 6.04 Å². The SMILES string of the molecule is COC(=O)C1COCCN1c1ncc[nH]c1=O. The predicted octanol–water partition coefficient (Wildman–Crippen LogP) is -0.852. The van der Waals surface area contributed by atoms with Crippen LogP contribution in [0.5, 0.6) is 0 Å². The Morgan fingerprint density at radius 2 is 2.53 bits per heavy atom. The van der Waals surface area contributed by atoms with Gasteiger partial charge in [-0.25, -0.2) is 9.78 Å². The molecule has 0 aliphatic carbocycles. The van der Waals surface area contributed by atoms with Crippen LogP contribution in [0.15, 0.2) is 17.2 Å².